The number of aromatic nitrogens is 1. The molecule has 0 aliphatic carbocycles. The lowest BCUT2D eigenvalue weighted by molar-refractivity contribution is -0.137. The van der Waals surface area contributed by atoms with E-state index in [-0.39, 0.29) is 4.88 Å². The number of hydrogen-bond acceptors (Lipinski definition) is 3. The van der Waals surface area contributed by atoms with Crippen LogP contribution in [0.2, 0.25) is 0 Å². The van der Waals surface area contributed by atoms with Crippen molar-refractivity contribution >= 4 is 33.9 Å². The summed E-state index contributed by atoms with van der Waals surface area (Å²) in [6.45, 7) is 0. The first-order chi connectivity index (χ1) is 8.39. The van der Waals surface area contributed by atoms with Crippen molar-refractivity contribution < 1.29 is 18.3 Å². The zero-order chi connectivity index (χ0) is 13.3. The summed E-state index contributed by atoms with van der Waals surface area (Å²) in [6, 6.07) is 6.99. The van der Waals surface area contributed by atoms with Crippen LogP contribution in [0.3, 0.4) is 0 Å². The molecule has 1 heterocycles. The summed E-state index contributed by atoms with van der Waals surface area (Å²) in [4.78, 5) is 3.48. The predicted molar refractivity (Wildman–Crippen MR) is 70.3 cm³/mol. The zero-order valence-electron chi connectivity index (χ0n) is 8.78. The van der Waals surface area contributed by atoms with Crippen LogP contribution in [-0.2, 0) is 6.18 Å². The van der Waals surface area contributed by atoms with Gasteiger partial charge in [-0.1, -0.05) is 18.2 Å². The molecule has 2 aromatic rings. The number of benzene rings is 1. The maximum Gasteiger partial charge on any atom is 0.443 e. The molecule has 0 amide bonds. The predicted octanol–water partition coefficient (Wildman–Crippen LogP) is 3.85. The Hall–Kier alpha value is -0.670. The number of hydrogen-bond donors (Lipinski definition) is 1. The molecule has 1 atom stereocenters. The number of aliphatic hydroxyl groups is 1. The van der Waals surface area contributed by atoms with E-state index in [1.54, 1.807) is 24.3 Å². The lowest BCUT2D eigenvalue weighted by Gasteiger charge is -2.10. The normalized spacial score (nSPS) is 13.6. The molecule has 1 aromatic heterocycles. The average molecular weight is 385 g/mol. The van der Waals surface area contributed by atoms with Gasteiger partial charge in [-0.2, -0.15) is 13.2 Å². The van der Waals surface area contributed by atoms with Crippen molar-refractivity contribution in [2.45, 2.75) is 12.3 Å². The van der Waals surface area contributed by atoms with Crippen molar-refractivity contribution in [2.24, 2.45) is 0 Å². The molecule has 0 bridgehead atoms. The summed E-state index contributed by atoms with van der Waals surface area (Å²) in [7, 11) is 0. The number of halogens is 4. The Kier molecular flexibility index (Phi) is 3.93. The largest absolute Gasteiger partial charge is 0.443 e. The Morgan fingerprint density at radius 3 is 2.50 bits per heavy atom. The van der Waals surface area contributed by atoms with Gasteiger partial charge in [0.2, 0.25) is 0 Å². The minimum Gasteiger partial charge on any atom is -0.383 e. The molecule has 0 saturated heterocycles. The van der Waals surface area contributed by atoms with Crippen molar-refractivity contribution in [1.82, 2.24) is 4.98 Å². The third-order valence-corrected chi connectivity index (χ3v) is 4.31. The van der Waals surface area contributed by atoms with Crippen LogP contribution >= 0.6 is 33.9 Å². The van der Waals surface area contributed by atoms with E-state index < -0.39 is 17.3 Å². The standard InChI is InChI=1S/C11H7F3INOS/c12-11(13,14)10-16-5-8(18-10)9(17)6-3-1-2-4-7(6)15/h1-5,9,17H. The third kappa shape index (κ3) is 2.83. The van der Waals surface area contributed by atoms with Crippen LogP contribution in [0.15, 0.2) is 30.5 Å². The average Bonchev–Trinajstić information content (AvgIpc) is 2.77. The molecule has 2 nitrogen and oxygen atoms in total. The van der Waals surface area contributed by atoms with Crippen molar-refractivity contribution in [3.63, 3.8) is 0 Å². The summed E-state index contributed by atoms with van der Waals surface area (Å²) >= 11 is 2.49. The highest BCUT2D eigenvalue weighted by atomic mass is 127. The van der Waals surface area contributed by atoms with E-state index >= 15 is 0 Å². The molecule has 0 saturated carbocycles. The summed E-state index contributed by atoms with van der Waals surface area (Å²) in [5.74, 6) is 0. The minimum atomic E-state index is -4.47. The maximum atomic E-state index is 12.4. The van der Waals surface area contributed by atoms with Crippen molar-refractivity contribution in [1.29, 1.82) is 0 Å². The van der Waals surface area contributed by atoms with E-state index in [1.165, 1.54) is 0 Å². The topological polar surface area (TPSA) is 33.1 Å². The summed E-state index contributed by atoms with van der Waals surface area (Å²) < 4.78 is 38.0. The van der Waals surface area contributed by atoms with Gasteiger partial charge in [0.25, 0.3) is 0 Å². The van der Waals surface area contributed by atoms with Crippen molar-refractivity contribution in [3.8, 4) is 0 Å². The SMILES string of the molecule is OC(c1cnc(C(F)(F)F)s1)c1ccccc1I. The van der Waals surface area contributed by atoms with Gasteiger partial charge in [0, 0.05) is 9.77 Å². The van der Waals surface area contributed by atoms with Gasteiger partial charge < -0.3 is 5.11 Å². The molecule has 2 rings (SSSR count). The third-order valence-electron chi connectivity index (χ3n) is 2.24. The van der Waals surface area contributed by atoms with Gasteiger partial charge in [0.05, 0.1) is 4.88 Å². The molecular formula is C11H7F3INOS. The number of thiazole rings is 1. The molecule has 1 aromatic carbocycles. The smallest absolute Gasteiger partial charge is 0.383 e. The van der Waals surface area contributed by atoms with Crippen LogP contribution in [0.4, 0.5) is 13.2 Å². The van der Waals surface area contributed by atoms with Gasteiger partial charge in [-0.3, -0.25) is 0 Å². The number of aliphatic hydroxyl groups excluding tert-OH is 1. The molecule has 96 valence electrons. The van der Waals surface area contributed by atoms with Crippen molar-refractivity contribution in [2.75, 3.05) is 0 Å². The fourth-order valence-corrected chi connectivity index (χ4v) is 2.86. The van der Waals surface area contributed by atoms with Crippen LogP contribution in [-0.4, -0.2) is 10.1 Å². The lowest BCUT2D eigenvalue weighted by Crippen LogP contribution is -2.03. The first-order valence-corrected chi connectivity index (χ1v) is 6.74. The van der Waals surface area contributed by atoms with Crippen LogP contribution in [0.5, 0.6) is 0 Å². The quantitative estimate of drug-likeness (QED) is 0.797. The van der Waals surface area contributed by atoms with E-state index in [0.717, 1.165) is 9.77 Å². The highest BCUT2D eigenvalue weighted by molar-refractivity contribution is 14.1. The van der Waals surface area contributed by atoms with Gasteiger partial charge >= 0.3 is 6.18 Å². The molecular weight excluding hydrogens is 378 g/mol. The molecule has 0 aliphatic heterocycles. The molecule has 0 spiro atoms. The fraction of sp³-hybridized carbons (Fsp3) is 0.182. The Balaban J connectivity index is 2.33. The summed E-state index contributed by atoms with van der Waals surface area (Å²) in [5, 5.41) is 9.11. The van der Waals surface area contributed by atoms with E-state index in [9.17, 15) is 18.3 Å². The van der Waals surface area contributed by atoms with Crippen LogP contribution in [0.25, 0.3) is 0 Å². The first kappa shape index (κ1) is 13.8. The number of rotatable bonds is 2. The van der Waals surface area contributed by atoms with Gasteiger partial charge in [0.15, 0.2) is 5.01 Å². The van der Waals surface area contributed by atoms with Crippen LogP contribution in [0, 0.1) is 3.57 Å². The molecule has 1 unspecified atom stereocenters. The summed E-state index contributed by atoms with van der Waals surface area (Å²) in [5.41, 5.74) is 0.579. The lowest BCUT2D eigenvalue weighted by atomic mass is 10.1. The van der Waals surface area contributed by atoms with Crippen LogP contribution in [0.1, 0.15) is 21.6 Å². The Labute approximate surface area is 119 Å². The molecule has 18 heavy (non-hydrogen) atoms. The molecule has 0 radical (unpaired) electrons. The second kappa shape index (κ2) is 5.14. The fourth-order valence-electron chi connectivity index (χ4n) is 1.39. The minimum absolute atomic E-state index is 0.187. The zero-order valence-corrected chi connectivity index (χ0v) is 11.8. The number of alkyl halides is 3. The van der Waals surface area contributed by atoms with Crippen LogP contribution < -0.4 is 0 Å². The van der Waals surface area contributed by atoms with E-state index in [1.807, 2.05) is 22.6 Å². The maximum absolute atomic E-state index is 12.4. The van der Waals surface area contributed by atoms with E-state index in [0.29, 0.717) is 16.9 Å². The molecule has 1 N–H and O–H groups in total. The van der Waals surface area contributed by atoms with Crippen molar-refractivity contribution in [3.05, 3.63) is 49.5 Å². The number of nitrogens with zero attached hydrogens (tertiary/aromatic N) is 1. The second-order valence-corrected chi connectivity index (χ2v) is 5.71. The first-order valence-electron chi connectivity index (χ1n) is 4.85. The van der Waals surface area contributed by atoms with Gasteiger partial charge in [0.1, 0.15) is 6.10 Å². The summed E-state index contributed by atoms with van der Waals surface area (Å²) in [6.07, 6.45) is -4.47. The molecule has 7 heteroatoms. The van der Waals surface area contributed by atoms with Gasteiger partial charge in [-0.25, -0.2) is 4.98 Å². The monoisotopic (exact) mass is 385 g/mol. The Bertz CT molecular complexity index is 555. The molecule has 0 aliphatic rings. The molecule has 0 fully saturated rings. The van der Waals surface area contributed by atoms with E-state index in [4.69, 9.17) is 0 Å². The van der Waals surface area contributed by atoms with Gasteiger partial charge in [-0.15, -0.1) is 11.3 Å². The highest BCUT2D eigenvalue weighted by Gasteiger charge is 2.35. The Morgan fingerprint density at radius 2 is 1.94 bits per heavy atom. The highest BCUT2D eigenvalue weighted by Crippen LogP contribution is 2.36. The second-order valence-electron chi connectivity index (χ2n) is 3.49. The van der Waals surface area contributed by atoms with E-state index in [2.05, 4.69) is 4.98 Å². The van der Waals surface area contributed by atoms with Gasteiger partial charge in [-0.05, 0) is 34.2 Å². The Morgan fingerprint density at radius 1 is 1.28 bits per heavy atom.